The summed E-state index contributed by atoms with van der Waals surface area (Å²) in [6, 6.07) is 12.5. The van der Waals surface area contributed by atoms with Crippen molar-refractivity contribution in [3.8, 4) is 11.4 Å². The number of hydrogen-bond donors (Lipinski definition) is 1. The van der Waals surface area contributed by atoms with Crippen LogP contribution in [0.1, 0.15) is 29.3 Å². The van der Waals surface area contributed by atoms with Crippen LogP contribution in [0.2, 0.25) is 0 Å². The van der Waals surface area contributed by atoms with Crippen molar-refractivity contribution >= 4 is 0 Å². The number of nitrogens with zero attached hydrogens (tertiary/aromatic N) is 3. The van der Waals surface area contributed by atoms with Crippen LogP contribution in [0, 0.1) is 0 Å². The van der Waals surface area contributed by atoms with E-state index in [-0.39, 0.29) is 5.56 Å². The number of pyridine rings is 1. The summed E-state index contributed by atoms with van der Waals surface area (Å²) in [7, 11) is 0. The van der Waals surface area contributed by atoms with Crippen molar-refractivity contribution < 1.29 is 0 Å². The predicted octanol–water partition coefficient (Wildman–Crippen LogP) is 2.95. The molecule has 26 heavy (non-hydrogen) atoms. The highest BCUT2D eigenvalue weighted by Crippen LogP contribution is 2.19. The molecule has 1 N–H and O–H groups in total. The van der Waals surface area contributed by atoms with Gasteiger partial charge in [-0.25, -0.2) is 4.98 Å². The first-order valence-corrected chi connectivity index (χ1v) is 9.05. The Bertz CT molecular complexity index is 948. The molecule has 1 aliphatic rings. The fourth-order valence-corrected chi connectivity index (χ4v) is 3.40. The number of aromatic nitrogens is 3. The van der Waals surface area contributed by atoms with Gasteiger partial charge in [-0.1, -0.05) is 31.2 Å². The number of nitrogens with one attached hydrogen (secondary N) is 1. The van der Waals surface area contributed by atoms with Gasteiger partial charge in [-0.3, -0.25) is 14.7 Å². The van der Waals surface area contributed by atoms with Gasteiger partial charge in [0.05, 0.1) is 11.3 Å². The van der Waals surface area contributed by atoms with E-state index in [1.807, 2.05) is 12.1 Å². The monoisotopic (exact) mass is 346 g/mol. The number of benzene rings is 1. The van der Waals surface area contributed by atoms with Gasteiger partial charge in [0, 0.05) is 44.0 Å². The molecule has 0 fully saturated rings. The Morgan fingerprint density at radius 1 is 1.08 bits per heavy atom. The molecule has 0 spiro atoms. The molecule has 3 heterocycles. The molecule has 0 saturated carbocycles. The van der Waals surface area contributed by atoms with Gasteiger partial charge in [-0.05, 0) is 29.7 Å². The molecule has 1 aliphatic heterocycles. The SMILES string of the molecule is CCc1ccc(CN2CCc3nc(-c4ccncc4)[nH]c(=O)c3C2)cc1. The maximum absolute atomic E-state index is 12.6. The number of aromatic amines is 1. The number of fused-ring (bicyclic) bond motifs is 1. The Morgan fingerprint density at radius 2 is 1.81 bits per heavy atom. The second kappa shape index (κ2) is 7.22. The topological polar surface area (TPSA) is 61.9 Å². The molecule has 1 aromatic carbocycles. The van der Waals surface area contributed by atoms with Crippen LogP contribution >= 0.6 is 0 Å². The normalized spacial score (nSPS) is 14.2. The van der Waals surface area contributed by atoms with E-state index < -0.39 is 0 Å². The third-order valence-electron chi connectivity index (χ3n) is 4.94. The van der Waals surface area contributed by atoms with Crippen LogP contribution in [0.3, 0.4) is 0 Å². The molecule has 5 nitrogen and oxygen atoms in total. The van der Waals surface area contributed by atoms with E-state index in [0.717, 1.165) is 42.8 Å². The first kappa shape index (κ1) is 16.7. The fraction of sp³-hybridized carbons (Fsp3) is 0.286. The second-order valence-corrected chi connectivity index (χ2v) is 6.71. The maximum atomic E-state index is 12.6. The minimum Gasteiger partial charge on any atom is -0.306 e. The highest BCUT2D eigenvalue weighted by Gasteiger charge is 2.21. The second-order valence-electron chi connectivity index (χ2n) is 6.71. The van der Waals surface area contributed by atoms with Gasteiger partial charge in [-0.2, -0.15) is 0 Å². The van der Waals surface area contributed by atoms with E-state index in [1.54, 1.807) is 12.4 Å². The lowest BCUT2D eigenvalue weighted by molar-refractivity contribution is 0.242. The molecule has 0 amide bonds. The van der Waals surface area contributed by atoms with Crippen LogP contribution in [-0.2, 0) is 25.9 Å². The van der Waals surface area contributed by atoms with Gasteiger partial charge in [-0.15, -0.1) is 0 Å². The molecule has 132 valence electrons. The predicted molar refractivity (Wildman–Crippen MR) is 102 cm³/mol. The zero-order valence-corrected chi connectivity index (χ0v) is 14.9. The van der Waals surface area contributed by atoms with Crippen molar-refractivity contribution in [2.75, 3.05) is 6.54 Å². The Balaban J connectivity index is 1.54. The van der Waals surface area contributed by atoms with E-state index in [2.05, 4.69) is 46.1 Å². The summed E-state index contributed by atoms with van der Waals surface area (Å²) in [5.74, 6) is 0.625. The lowest BCUT2D eigenvalue weighted by atomic mass is 10.0. The first-order valence-electron chi connectivity index (χ1n) is 9.05. The van der Waals surface area contributed by atoms with Crippen LogP contribution in [0.4, 0.5) is 0 Å². The summed E-state index contributed by atoms with van der Waals surface area (Å²) >= 11 is 0. The zero-order chi connectivity index (χ0) is 17.9. The largest absolute Gasteiger partial charge is 0.306 e. The third-order valence-corrected chi connectivity index (χ3v) is 4.94. The fourth-order valence-electron chi connectivity index (χ4n) is 3.40. The maximum Gasteiger partial charge on any atom is 0.255 e. The summed E-state index contributed by atoms with van der Waals surface area (Å²) in [4.78, 5) is 26.6. The molecule has 0 bridgehead atoms. The zero-order valence-electron chi connectivity index (χ0n) is 14.9. The summed E-state index contributed by atoms with van der Waals surface area (Å²) in [6.45, 7) is 4.57. The van der Waals surface area contributed by atoms with Gasteiger partial charge < -0.3 is 4.98 Å². The molecule has 5 heteroatoms. The van der Waals surface area contributed by atoms with Gasteiger partial charge in [0.2, 0.25) is 0 Å². The van der Waals surface area contributed by atoms with Crippen molar-refractivity contribution in [2.24, 2.45) is 0 Å². The molecule has 0 radical (unpaired) electrons. The number of H-pyrrole nitrogens is 1. The summed E-state index contributed by atoms with van der Waals surface area (Å²) in [6.07, 6.45) is 5.27. The van der Waals surface area contributed by atoms with Crippen LogP contribution in [0.15, 0.2) is 53.6 Å². The first-order chi connectivity index (χ1) is 12.7. The van der Waals surface area contributed by atoms with Crippen molar-refractivity contribution in [2.45, 2.75) is 32.9 Å². The number of rotatable bonds is 4. The van der Waals surface area contributed by atoms with Crippen molar-refractivity contribution in [3.05, 3.63) is 81.5 Å². The van der Waals surface area contributed by atoms with Crippen LogP contribution < -0.4 is 5.56 Å². The highest BCUT2D eigenvalue weighted by molar-refractivity contribution is 5.54. The van der Waals surface area contributed by atoms with Crippen LogP contribution in [0.25, 0.3) is 11.4 Å². The molecule has 0 unspecified atom stereocenters. The molecular formula is C21H22N4O. The van der Waals surface area contributed by atoms with Crippen molar-refractivity contribution in [1.82, 2.24) is 19.9 Å². The lowest BCUT2D eigenvalue weighted by Crippen LogP contribution is -2.35. The minimum absolute atomic E-state index is 0.0344. The van der Waals surface area contributed by atoms with Gasteiger partial charge in [0.1, 0.15) is 5.82 Å². The highest BCUT2D eigenvalue weighted by atomic mass is 16.1. The molecule has 0 atom stereocenters. The van der Waals surface area contributed by atoms with Gasteiger partial charge >= 0.3 is 0 Å². The molecule has 0 aliphatic carbocycles. The van der Waals surface area contributed by atoms with E-state index in [0.29, 0.717) is 12.4 Å². The number of aryl methyl sites for hydroxylation is 1. The van der Waals surface area contributed by atoms with Crippen molar-refractivity contribution in [3.63, 3.8) is 0 Å². The Hall–Kier alpha value is -2.79. The third kappa shape index (κ3) is 3.44. The molecule has 3 aromatic rings. The summed E-state index contributed by atoms with van der Waals surface area (Å²) < 4.78 is 0. The van der Waals surface area contributed by atoms with E-state index in [1.165, 1.54) is 11.1 Å². The van der Waals surface area contributed by atoms with E-state index in [9.17, 15) is 4.79 Å². The smallest absolute Gasteiger partial charge is 0.255 e. The van der Waals surface area contributed by atoms with Crippen LogP contribution in [-0.4, -0.2) is 26.4 Å². The number of hydrogen-bond acceptors (Lipinski definition) is 4. The molecule has 0 saturated heterocycles. The average Bonchev–Trinajstić information content (AvgIpc) is 2.69. The Kier molecular flexibility index (Phi) is 4.63. The minimum atomic E-state index is -0.0344. The summed E-state index contributed by atoms with van der Waals surface area (Å²) in [5, 5.41) is 0. The standard InChI is InChI=1S/C21H22N4O/c1-2-15-3-5-16(6-4-15)13-25-12-9-19-18(14-25)21(26)24-20(23-19)17-7-10-22-11-8-17/h3-8,10-11H,2,9,12-14H2,1H3,(H,23,24,26). The van der Waals surface area contributed by atoms with E-state index in [4.69, 9.17) is 4.98 Å². The van der Waals surface area contributed by atoms with Gasteiger partial charge in [0.25, 0.3) is 5.56 Å². The molecule has 2 aromatic heterocycles. The van der Waals surface area contributed by atoms with E-state index >= 15 is 0 Å². The van der Waals surface area contributed by atoms with Gasteiger partial charge in [0.15, 0.2) is 0 Å². The molecular weight excluding hydrogens is 324 g/mol. The Morgan fingerprint density at radius 3 is 2.54 bits per heavy atom. The quantitative estimate of drug-likeness (QED) is 0.789. The average molecular weight is 346 g/mol. The van der Waals surface area contributed by atoms with Crippen molar-refractivity contribution in [1.29, 1.82) is 0 Å². The Labute approximate surface area is 152 Å². The lowest BCUT2D eigenvalue weighted by Gasteiger charge is -2.27. The van der Waals surface area contributed by atoms with Crippen LogP contribution in [0.5, 0.6) is 0 Å². The molecule has 4 rings (SSSR count). The summed E-state index contributed by atoms with van der Waals surface area (Å²) in [5.41, 5.74) is 5.19.